The van der Waals surface area contributed by atoms with Crippen LogP contribution in [0.5, 0.6) is 0 Å². The lowest BCUT2D eigenvalue weighted by molar-refractivity contribution is 0.128. The van der Waals surface area contributed by atoms with Crippen LogP contribution in [0.1, 0.15) is 27.2 Å². The Bertz CT molecular complexity index is 239. The van der Waals surface area contributed by atoms with Crippen molar-refractivity contribution in [3.05, 3.63) is 0 Å². The smallest absolute Gasteiger partial charge is 0.151 e. The predicted octanol–water partition coefficient (Wildman–Crippen LogP) is 0.826. The number of hydrogen-bond acceptors (Lipinski definition) is 4. The van der Waals surface area contributed by atoms with Gasteiger partial charge in [0.2, 0.25) is 0 Å². The molecular weight excluding hydrogens is 214 g/mol. The summed E-state index contributed by atoms with van der Waals surface area (Å²) >= 11 is 0. The van der Waals surface area contributed by atoms with Crippen LogP contribution in [-0.2, 0) is 14.6 Å². The highest BCUT2D eigenvalue weighted by molar-refractivity contribution is 7.91. The van der Waals surface area contributed by atoms with E-state index in [2.05, 4.69) is 5.32 Å². The summed E-state index contributed by atoms with van der Waals surface area (Å²) in [6.07, 6.45) is 0.691. The van der Waals surface area contributed by atoms with Crippen molar-refractivity contribution >= 4 is 9.84 Å². The first-order chi connectivity index (χ1) is 7.02. The van der Waals surface area contributed by atoms with Crippen LogP contribution in [0.2, 0.25) is 0 Å². The molecule has 0 aromatic rings. The highest BCUT2D eigenvalue weighted by Gasteiger charge is 2.09. The molecule has 4 nitrogen and oxygen atoms in total. The van der Waals surface area contributed by atoms with Crippen LogP contribution >= 0.6 is 0 Å². The van der Waals surface area contributed by atoms with E-state index in [1.807, 2.05) is 20.8 Å². The first-order valence-corrected chi connectivity index (χ1v) is 7.35. The van der Waals surface area contributed by atoms with E-state index in [1.54, 1.807) is 0 Å². The van der Waals surface area contributed by atoms with Gasteiger partial charge in [0, 0.05) is 24.9 Å². The summed E-state index contributed by atoms with van der Waals surface area (Å²) in [6, 6.07) is 0.210. The van der Waals surface area contributed by atoms with Crippen molar-refractivity contribution in [2.45, 2.75) is 33.2 Å². The molecule has 0 aliphatic heterocycles. The fraction of sp³-hybridized carbons (Fsp3) is 1.00. The van der Waals surface area contributed by atoms with Gasteiger partial charge in [-0.2, -0.15) is 0 Å². The van der Waals surface area contributed by atoms with Gasteiger partial charge in [0.15, 0.2) is 9.84 Å². The Morgan fingerprint density at radius 2 is 1.93 bits per heavy atom. The molecule has 0 saturated heterocycles. The van der Waals surface area contributed by atoms with Crippen molar-refractivity contribution in [2.24, 2.45) is 0 Å². The van der Waals surface area contributed by atoms with Gasteiger partial charge in [-0.15, -0.1) is 0 Å². The third-order valence-corrected chi connectivity index (χ3v) is 3.85. The molecule has 0 aromatic heterocycles. The third-order valence-electron chi connectivity index (χ3n) is 1.99. The second-order valence-electron chi connectivity index (χ2n) is 3.67. The maximum atomic E-state index is 11.4. The van der Waals surface area contributed by atoms with Crippen molar-refractivity contribution in [3.8, 4) is 0 Å². The first-order valence-electron chi connectivity index (χ1n) is 5.53. The van der Waals surface area contributed by atoms with Gasteiger partial charge < -0.3 is 10.1 Å². The third kappa shape index (κ3) is 8.84. The quantitative estimate of drug-likeness (QED) is 0.645. The topological polar surface area (TPSA) is 55.4 Å². The number of hydrogen-bond donors (Lipinski definition) is 1. The molecule has 0 saturated carbocycles. The van der Waals surface area contributed by atoms with Gasteiger partial charge in [-0.05, 0) is 20.3 Å². The Labute approximate surface area is 93.3 Å². The first kappa shape index (κ1) is 14.9. The Morgan fingerprint density at radius 3 is 2.47 bits per heavy atom. The van der Waals surface area contributed by atoms with E-state index in [0.29, 0.717) is 26.2 Å². The van der Waals surface area contributed by atoms with Crippen LogP contribution in [0.4, 0.5) is 0 Å². The van der Waals surface area contributed by atoms with Crippen molar-refractivity contribution in [2.75, 3.05) is 31.3 Å². The molecule has 0 amide bonds. The molecule has 0 radical (unpaired) electrons. The minimum Gasteiger partial charge on any atom is -0.380 e. The van der Waals surface area contributed by atoms with Gasteiger partial charge in [0.1, 0.15) is 0 Å². The molecule has 0 aliphatic rings. The molecule has 0 heterocycles. The van der Waals surface area contributed by atoms with E-state index in [-0.39, 0.29) is 17.5 Å². The second-order valence-corrected chi connectivity index (χ2v) is 5.97. The Hall–Kier alpha value is -0.130. The molecule has 92 valence electrons. The zero-order valence-corrected chi connectivity index (χ0v) is 10.8. The van der Waals surface area contributed by atoms with Crippen LogP contribution < -0.4 is 5.32 Å². The average molecular weight is 237 g/mol. The van der Waals surface area contributed by atoms with Crippen LogP contribution in [0.25, 0.3) is 0 Å². The highest BCUT2D eigenvalue weighted by atomic mass is 32.2. The number of sulfone groups is 1. The van der Waals surface area contributed by atoms with E-state index in [0.717, 1.165) is 0 Å². The molecule has 15 heavy (non-hydrogen) atoms. The standard InChI is InChI=1S/C10H23NO3S/c1-4-7-15(12,13)8-6-11-10(3)9-14-5-2/h10-11H,4-9H2,1-3H3. The van der Waals surface area contributed by atoms with Gasteiger partial charge in [0.05, 0.1) is 12.4 Å². The minimum absolute atomic E-state index is 0.210. The summed E-state index contributed by atoms with van der Waals surface area (Å²) in [5.74, 6) is 0.506. The van der Waals surface area contributed by atoms with Gasteiger partial charge in [-0.1, -0.05) is 6.92 Å². The normalized spacial score (nSPS) is 14.1. The minimum atomic E-state index is -2.85. The molecule has 0 aromatic carbocycles. The average Bonchev–Trinajstić information content (AvgIpc) is 2.14. The van der Waals surface area contributed by atoms with Crippen LogP contribution in [-0.4, -0.2) is 45.7 Å². The fourth-order valence-electron chi connectivity index (χ4n) is 1.23. The Balaban J connectivity index is 3.60. The zero-order chi connectivity index (χ0) is 11.7. The van der Waals surface area contributed by atoms with Gasteiger partial charge in [-0.3, -0.25) is 0 Å². The van der Waals surface area contributed by atoms with Crippen molar-refractivity contribution in [1.29, 1.82) is 0 Å². The summed E-state index contributed by atoms with van der Waals surface area (Å²) in [4.78, 5) is 0. The second kappa shape index (κ2) is 8.07. The molecule has 1 N–H and O–H groups in total. The Morgan fingerprint density at radius 1 is 1.27 bits per heavy atom. The summed E-state index contributed by atoms with van der Waals surface area (Å²) in [5, 5.41) is 3.13. The van der Waals surface area contributed by atoms with E-state index in [4.69, 9.17) is 4.74 Å². The zero-order valence-electron chi connectivity index (χ0n) is 9.95. The van der Waals surface area contributed by atoms with Gasteiger partial charge in [-0.25, -0.2) is 8.42 Å². The Kier molecular flexibility index (Phi) is 8.00. The fourth-order valence-corrected chi connectivity index (χ4v) is 2.48. The van der Waals surface area contributed by atoms with Gasteiger partial charge >= 0.3 is 0 Å². The predicted molar refractivity (Wildman–Crippen MR) is 62.9 cm³/mol. The van der Waals surface area contributed by atoms with Crippen molar-refractivity contribution < 1.29 is 13.2 Å². The lowest BCUT2D eigenvalue weighted by Crippen LogP contribution is -2.34. The van der Waals surface area contributed by atoms with Crippen molar-refractivity contribution in [1.82, 2.24) is 5.32 Å². The lowest BCUT2D eigenvalue weighted by atomic mass is 10.3. The van der Waals surface area contributed by atoms with E-state index in [1.165, 1.54) is 0 Å². The van der Waals surface area contributed by atoms with Crippen LogP contribution in [0.15, 0.2) is 0 Å². The largest absolute Gasteiger partial charge is 0.380 e. The lowest BCUT2D eigenvalue weighted by Gasteiger charge is -2.13. The molecule has 0 spiro atoms. The number of rotatable bonds is 9. The summed E-state index contributed by atoms with van der Waals surface area (Å²) < 4.78 is 27.9. The van der Waals surface area contributed by atoms with Gasteiger partial charge in [0.25, 0.3) is 0 Å². The van der Waals surface area contributed by atoms with Crippen molar-refractivity contribution in [3.63, 3.8) is 0 Å². The molecule has 1 atom stereocenters. The SMILES string of the molecule is CCCS(=O)(=O)CCNC(C)COCC. The number of ether oxygens (including phenoxy) is 1. The van der Waals surface area contributed by atoms with E-state index >= 15 is 0 Å². The molecule has 0 fully saturated rings. The molecule has 0 aliphatic carbocycles. The summed E-state index contributed by atoms with van der Waals surface area (Å²) in [7, 11) is -2.85. The van der Waals surface area contributed by atoms with E-state index < -0.39 is 9.84 Å². The van der Waals surface area contributed by atoms with Crippen LogP contribution in [0.3, 0.4) is 0 Å². The molecule has 0 bridgehead atoms. The molecule has 5 heteroatoms. The molecule has 0 rings (SSSR count). The molecular formula is C10H23NO3S. The maximum absolute atomic E-state index is 11.4. The summed E-state index contributed by atoms with van der Waals surface area (Å²) in [5.41, 5.74) is 0. The van der Waals surface area contributed by atoms with Crippen LogP contribution in [0, 0.1) is 0 Å². The number of nitrogens with one attached hydrogen (secondary N) is 1. The molecule has 1 unspecified atom stereocenters. The maximum Gasteiger partial charge on any atom is 0.151 e. The highest BCUT2D eigenvalue weighted by Crippen LogP contribution is 1.93. The monoisotopic (exact) mass is 237 g/mol. The summed E-state index contributed by atoms with van der Waals surface area (Å²) in [6.45, 7) is 7.64. The van der Waals surface area contributed by atoms with E-state index in [9.17, 15) is 8.42 Å².